The van der Waals surface area contributed by atoms with Crippen LogP contribution in [-0.4, -0.2) is 34.4 Å². The van der Waals surface area contributed by atoms with Gasteiger partial charge in [-0.3, -0.25) is 19.8 Å². The first kappa shape index (κ1) is 17.9. The van der Waals surface area contributed by atoms with E-state index in [1.807, 2.05) is 29.1 Å². The minimum absolute atomic E-state index is 0.184. The normalized spacial score (nSPS) is 20.7. The van der Waals surface area contributed by atoms with E-state index in [1.165, 1.54) is 11.1 Å². The van der Waals surface area contributed by atoms with Crippen LogP contribution in [0.2, 0.25) is 0 Å². The number of rotatable bonds is 4. The lowest BCUT2D eigenvalue weighted by Gasteiger charge is -2.25. The zero-order chi connectivity index (χ0) is 19.8. The summed E-state index contributed by atoms with van der Waals surface area (Å²) in [7, 11) is 0. The van der Waals surface area contributed by atoms with E-state index in [-0.39, 0.29) is 17.9 Å². The molecule has 1 N–H and O–H groups in total. The number of aromatic nitrogens is 1. The number of nitrogens with zero attached hydrogens (tertiary/aromatic N) is 2. The number of hydrogen-bond acceptors (Lipinski definition) is 4. The Morgan fingerprint density at radius 3 is 2.76 bits per heavy atom. The lowest BCUT2D eigenvalue weighted by molar-refractivity contribution is -0.135. The summed E-state index contributed by atoms with van der Waals surface area (Å²) >= 11 is 0. The number of carbonyl (C=O) groups is 2. The first-order chi connectivity index (χ1) is 14.2. The van der Waals surface area contributed by atoms with Gasteiger partial charge in [-0.1, -0.05) is 18.2 Å². The fourth-order valence-electron chi connectivity index (χ4n) is 4.26. The fraction of sp³-hybridized carbons (Fsp3) is 0.304. The molecule has 0 aliphatic carbocycles. The molecule has 1 unspecified atom stereocenters. The Hall–Kier alpha value is -3.12. The molecular weight excluding hydrogens is 366 g/mol. The molecule has 148 valence electrons. The second kappa shape index (κ2) is 7.37. The average molecular weight is 389 g/mol. The van der Waals surface area contributed by atoms with Gasteiger partial charge < -0.3 is 8.98 Å². The van der Waals surface area contributed by atoms with Crippen molar-refractivity contribution in [1.29, 1.82) is 0 Å². The summed E-state index contributed by atoms with van der Waals surface area (Å²) in [5.74, 6) is 0.575. The summed E-state index contributed by atoms with van der Waals surface area (Å²) in [5, 5.41) is 4.66. The average Bonchev–Trinajstić information content (AvgIpc) is 3.38. The van der Waals surface area contributed by atoms with Gasteiger partial charge >= 0.3 is 0 Å². The van der Waals surface area contributed by atoms with E-state index in [9.17, 15) is 9.59 Å². The molecule has 2 aliphatic rings. The number of imide groups is 1. The van der Waals surface area contributed by atoms with Crippen LogP contribution in [0.1, 0.15) is 36.6 Å². The Kier molecular flexibility index (Phi) is 4.56. The number of amides is 2. The Bertz CT molecular complexity index is 1090. The molecule has 6 heteroatoms. The molecule has 3 aromatic rings. The third-order valence-electron chi connectivity index (χ3n) is 5.83. The van der Waals surface area contributed by atoms with Gasteiger partial charge in [0.15, 0.2) is 0 Å². The van der Waals surface area contributed by atoms with E-state index in [1.54, 1.807) is 6.26 Å². The number of furan rings is 1. The molecule has 1 fully saturated rings. The predicted octanol–water partition coefficient (Wildman–Crippen LogP) is 3.50. The largest absolute Gasteiger partial charge is 0.465 e. The van der Waals surface area contributed by atoms with Crippen LogP contribution in [0.15, 0.2) is 59.5 Å². The van der Waals surface area contributed by atoms with Crippen molar-refractivity contribution in [2.75, 3.05) is 13.1 Å². The van der Waals surface area contributed by atoms with Crippen LogP contribution in [-0.2, 0) is 16.1 Å². The van der Waals surface area contributed by atoms with Crippen LogP contribution < -0.4 is 5.32 Å². The van der Waals surface area contributed by atoms with Crippen molar-refractivity contribution in [3.63, 3.8) is 0 Å². The van der Waals surface area contributed by atoms with Crippen LogP contribution >= 0.6 is 0 Å². The maximum absolute atomic E-state index is 12.2. The topological polar surface area (TPSA) is 67.5 Å². The first-order valence-corrected chi connectivity index (χ1v) is 10.0. The van der Waals surface area contributed by atoms with E-state index in [0.717, 1.165) is 42.6 Å². The summed E-state index contributed by atoms with van der Waals surface area (Å²) in [6.45, 7) is 2.80. The SMILES string of the molecule is O=C1CCC(n2cc3ccc(CN4CC=C(c5ccco5)CC4)cc3c2)C(=O)N1. The van der Waals surface area contributed by atoms with Crippen molar-refractivity contribution in [1.82, 2.24) is 14.8 Å². The number of hydrogen-bond donors (Lipinski definition) is 1. The third-order valence-corrected chi connectivity index (χ3v) is 5.83. The number of nitrogens with one attached hydrogen (secondary N) is 1. The maximum Gasteiger partial charge on any atom is 0.249 e. The van der Waals surface area contributed by atoms with Gasteiger partial charge in [-0.25, -0.2) is 0 Å². The summed E-state index contributed by atoms with van der Waals surface area (Å²) in [4.78, 5) is 26.0. The van der Waals surface area contributed by atoms with Crippen molar-refractivity contribution in [3.05, 3.63) is 66.4 Å². The highest BCUT2D eigenvalue weighted by atomic mass is 16.3. The summed E-state index contributed by atoms with van der Waals surface area (Å²) in [5.41, 5.74) is 2.54. The Labute approximate surface area is 168 Å². The molecule has 4 heterocycles. The fourth-order valence-corrected chi connectivity index (χ4v) is 4.26. The number of piperidine rings is 1. The van der Waals surface area contributed by atoms with Gasteiger partial charge in [-0.2, -0.15) is 0 Å². The van der Waals surface area contributed by atoms with Gasteiger partial charge in [0.1, 0.15) is 11.8 Å². The summed E-state index contributed by atoms with van der Waals surface area (Å²) < 4.78 is 7.44. The van der Waals surface area contributed by atoms with Crippen LogP contribution in [0, 0.1) is 0 Å². The van der Waals surface area contributed by atoms with Crippen LogP contribution in [0.25, 0.3) is 16.3 Å². The van der Waals surface area contributed by atoms with Crippen molar-refractivity contribution in [2.24, 2.45) is 0 Å². The first-order valence-electron chi connectivity index (χ1n) is 10.0. The molecule has 2 aliphatic heterocycles. The highest BCUT2D eigenvalue weighted by Crippen LogP contribution is 2.26. The number of benzene rings is 1. The molecule has 0 spiro atoms. The van der Waals surface area contributed by atoms with Gasteiger partial charge in [0.2, 0.25) is 11.8 Å². The zero-order valence-corrected chi connectivity index (χ0v) is 16.1. The van der Waals surface area contributed by atoms with Crippen molar-refractivity contribution in [2.45, 2.75) is 31.8 Å². The van der Waals surface area contributed by atoms with E-state index in [4.69, 9.17) is 4.42 Å². The lowest BCUT2D eigenvalue weighted by atomic mass is 10.0. The Balaban J connectivity index is 1.29. The van der Waals surface area contributed by atoms with E-state index >= 15 is 0 Å². The van der Waals surface area contributed by atoms with Gasteiger partial charge in [0, 0.05) is 38.4 Å². The quantitative estimate of drug-likeness (QED) is 0.694. The molecule has 1 saturated heterocycles. The second-order valence-corrected chi connectivity index (χ2v) is 7.83. The maximum atomic E-state index is 12.2. The molecule has 2 aromatic heterocycles. The molecule has 1 aromatic carbocycles. The van der Waals surface area contributed by atoms with E-state index in [2.05, 4.69) is 34.5 Å². The van der Waals surface area contributed by atoms with Crippen molar-refractivity contribution >= 4 is 28.2 Å². The van der Waals surface area contributed by atoms with Crippen molar-refractivity contribution in [3.8, 4) is 0 Å². The van der Waals surface area contributed by atoms with E-state index in [0.29, 0.717) is 12.8 Å². The van der Waals surface area contributed by atoms with Gasteiger partial charge in [-0.15, -0.1) is 0 Å². The third kappa shape index (κ3) is 3.63. The van der Waals surface area contributed by atoms with Gasteiger partial charge in [-0.05, 0) is 52.9 Å². The summed E-state index contributed by atoms with van der Waals surface area (Å²) in [6.07, 6.45) is 9.92. The van der Waals surface area contributed by atoms with Gasteiger partial charge in [0.05, 0.1) is 6.26 Å². The lowest BCUT2D eigenvalue weighted by Crippen LogP contribution is -2.41. The Morgan fingerprint density at radius 1 is 1.10 bits per heavy atom. The predicted molar refractivity (Wildman–Crippen MR) is 110 cm³/mol. The molecule has 1 atom stereocenters. The minimum Gasteiger partial charge on any atom is -0.465 e. The molecule has 2 amide bonds. The molecule has 0 saturated carbocycles. The summed E-state index contributed by atoms with van der Waals surface area (Å²) in [6, 6.07) is 10.1. The molecule has 29 heavy (non-hydrogen) atoms. The van der Waals surface area contributed by atoms with Crippen LogP contribution in [0.4, 0.5) is 0 Å². The number of carbonyl (C=O) groups excluding carboxylic acids is 2. The van der Waals surface area contributed by atoms with Crippen LogP contribution in [0.3, 0.4) is 0 Å². The van der Waals surface area contributed by atoms with E-state index < -0.39 is 0 Å². The standard InChI is InChI=1S/C23H23N3O3/c27-22-6-5-20(23(28)24-22)26-14-18-4-3-16(12-19(18)15-26)13-25-9-7-17(8-10-25)21-2-1-11-29-21/h1-4,7,11-12,14-15,20H,5-6,8-10,13H2,(H,24,27,28). The number of fused-ring (bicyclic) bond motifs is 1. The highest BCUT2D eigenvalue weighted by molar-refractivity contribution is 5.99. The molecular formula is C23H23N3O3. The Morgan fingerprint density at radius 2 is 2.00 bits per heavy atom. The molecule has 6 nitrogen and oxygen atoms in total. The molecule has 0 bridgehead atoms. The molecule has 0 radical (unpaired) electrons. The monoisotopic (exact) mass is 389 g/mol. The zero-order valence-electron chi connectivity index (χ0n) is 16.1. The second-order valence-electron chi connectivity index (χ2n) is 7.83. The highest BCUT2D eigenvalue weighted by Gasteiger charge is 2.27. The van der Waals surface area contributed by atoms with Gasteiger partial charge in [0.25, 0.3) is 0 Å². The van der Waals surface area contributed by atoms with Crippen molar-refractivity contribution < 1.29 is 14.0 Å². The minimum atomic E-state index is -0.309. The molecule has 5 rings (SSSR count). The van der Waals surface area contributed by atoms with Crippen LogP contribution in [0.5, 0.6) is 0 Å². The smallest absolute Gasteiger partial charge is 0.249 e.